The molecule has 1 saturated heterocycles. The number of hydrogen-bond acceptors (Lipinski definition) is 12. The average molecular weight is 703 g/mol. The number of rotatable bonds is 24. The Morgan fingerprint density at radius 2 is 1.32 bits per heavy atom. The molecule has 0 radical (unpaired) electrons. The molecule has 2 aliphatic heterocycles. The number of phosphoric ester groups is 2. The summed E-state index contributed by atoms with van der Waals surface area (Å²) in [6.07, 6.45) is 6.76. The zero-order valence-corrected chi connectivity index (χ0v) is 29.9. The molecule has 1 aromatic rings. The van der Waals surface area contributed by atoms with Crippen LogP contribution in [0, 0.1) is 11.8 Å². The summed E-state index contributed by atoms with van der Waals surface area (Å²) in [6, 6.07) is 9.52. The molecule has 1 fully saturated rings. The molecule has 2 bridgehead atoms. The second kappa shape index (κ2) is 20.6. The second-order valence-electron chi connectivity index (χ2n) is 11.0. The number of carbonyl (C=O) groups is 2. The van der Waals surface area contributed by atoms with Gasteiger partial charge in [0, 0.05) is 25.2 Å². The van der Waals surface area contributed by atoms with E-state index in [0.29, 0.717) is 45.2 Å². The van der Waals surface area contributed by atoms with E-state index in [0.717, 1.165) is 5.56 Å². The topological polar surface area (TPSA) is 148 Å². The van der Waals surface area contributed by atoms with Gasteiger partial charge in [-0.25, -0.2) is 9.13 Å². The average Bonchev–Trinajstić information content (AvgIpc) is 3.19. The normalized spacial score (nSPS) is 21.2. The molecular weight excluding hydrogens is 650 g/mol. The van der Waals surface area contributed by atoms with E-state index in [1.165, 1.54) is 0 Å². The largest absolute Gasteiger partial charge is 0.474 e. The molecular formula is C32H52N2O11P2. The third kappa shape index (κ3) is 12.2. The molecule has 2 heterocycles. The van der Waals surface area contributed by atoms with Crippen molar-refractivity contribution in [1.29, 1.82) is 0 Å². The maximum atomic E-state index is 13.7. The number of unbranched alkanes of at least 4 members (excludes halogenated alkanes) is 2. The van der Waals surface area contributed by atoms with Crippen molar-refractivity contribution < 1.29 is 50.6 Å². The molecule has 266 valence electrons. The number of carbonyl (C=O) groups excluding carboxylic acids is 2. The summed E-state index contributed by atoms with van der Waals surface area (Å²) in [5, 5.41) is 3.02. The number of esters is 1. The lowest BCUT2D eigenvalue weighted by molar-refractivity contribution is -0.152. The van der Waals surface area contributed by atoms with Crippen molar-refractivity contribution in [1.82, 2.24) is 10.2 Å². The highest BCUT2D eigenvalue weighted by Gasteiger charge is 2.55. The van der Waals surface area contributed by atoms with Gasteiger partial charge in [-0.2, -0.15) is 0 Å². The smallest absolute Gasteiger partial charge is 0.465 e. The zero-order chi connectivity index (χ0) is 34.1. The fourth-order valence-corrected chi connectivity index (χ4v) is 8.25. The summed E-state index contributed by atoms with van der Waals surface area (Å²) in [6.45, 7) is 9.03. The summed E-state index contributed by atoms with van der Waals surface area (Å²) in [7, 11) is -7.18. The lowest BCUT2D eigenvalue weighted by Crippen LogP contribution is -2.43. The SMILES string of the molecule is CCOP(=O)(OCC)OCCCCNC(=O)C1C(C(=O)OCCCCOP(=O)(OCC)OCC)[C@H]2C=CC[C@@H]1N2Cc1ccccc1. The number of nitrogens with one attached hydrogen (secondary N) is 1. The molecule has 0 aliphatic carbocycles. The van der Waals surface area contributed by atoms with Crippen LogP contribution in [0.4, 0.5) is 0 Å². The number of amides is 1. The van der Waals surface area contributed by atoms with E-state index in [1.54, 1.807) is 27.7 Å². The van der Waals surface area contributed by atoms with Gasteiger partial charge >= 0.3 is 21.6 Å². The standard InChI is InChI=1S/C32H52N2O11P2/c1-5-40-46(37,41-6-2)44-23-13-12-21-33-31(35)29-27-19-16-20-28(34(27)25-26-17-10-9-11-18-26)30(29)32(36)39-22-14-15-24-45-47(38,42-7-3)43-8-4/h9-11,16-18,20,27-30H,5-8,12-15,19,21-25H2,1-4H3,(H,33,35)/t27-,28+,29?,30?/m0/s1. The third-order valence-electron chi connectivity index (χ3n) is 7.77. The molecule has 4 atom stereocenters. The van der Waals surface area contributed by atoms with Crippen molar-refractivity contribution in [2.45, 2.75) is 78.4 Å². The van der Waals surface area contributed by atoms with Crippen LogP contribution in [0.25, 0.3) is 0 Å². The Kier molecular flexibility index (Phi) is 17.3. The van der Waals surface area contributed by atoms with Gasteiger partial charge in [0.15, 0.2) is 0 Å². The van der Waals surface area contributed by atoms with E-state index in [1.807, 2.05) is 42.5 Å². The van der Waals surface area contributed by atoms with Crippen LogP contribution in [-0.4, -0.2) is 81.7 Å². The fraction of sp³-hybridized carbons (Fsp3) is 0.688. The quantitative estimate of drug-likeness (QED) is 0.0579. The van der Waals surface area contributed by atoms with Crippen molar-refractivity contribution in [3.05, 3.63) is 48.0 Å². The van der Waals surface area contributed by atoms with Crippen LogP contribution in [-0.2, 0) is 57.1 Å². The van der Waals surface area contributed by atoms with Crippen LogP contribution in [0.5, 0.6) is 0 Å². The lowest BCUT2D eigenvalue weighted by Gasteiger charge is -2.32. The summed E-state index contributed by atoms with van der Waals surface area (Å²) in [4.78, 5) is 29.6. The van der Waals surface area contributed by atoms with E-state index >= 15 is 0 Å². The molecule has 0 spiro atoms. The second-order valence-corrected chi connectivity index (χ2v) is 14.4. The maximum Gasteiger partial charge on any atom is 0.474 e. The molecule has 13 nitrogen and oxygen atoms in total. The number of nitrogens with zero attached hydrogens (tertiary/aromatic N) is 1. The highest BCUT2D eigenvalue weighted by molar-refractivity contribution is 7.48. The maximum absolute atomic E-state index is 13.7. The van der Waals surface area contributed by atoms with Gasteiger partial charge in [0.2, 0.25) is 5.91 Å². The molecule has 1 N–H and O–H groups in total. The predicted molar refractivity (Wildman–Crippen MR) is 176 cm³/mol. The van der Waals surface area contributed by atoms with Gasteiger partial charge in [0.25, 0.3) is 0 Å². The van der Waals surface area contributed by atoms with E-state index in [4.69, 9.17) is 31.9 Å². The number of phosphoric acid groups is 2. The molecule has 2 unspecified atom stereocenters. The van der Waals surface area contributed by atoms with Crippen LogP contribution in [0.1, 0.15) is 65.4 Å². The van der Waals surface area contributed by atoms with Crippen LogP contribution >= 0.6 is 15.6 Å². The van der Waals surface area contributed by atoms with Crippen molar-refractivity contribution >= 4 is 27.5 Å². The van der Waals surface area contributed by atoms with Gasteiger partial charge in [-0.1, -0.05) is 42.5 Å². The van der Waals surface area contributed by atoms with Gasteiger partial charge in [-0.05, 0) is 65.4 Å². The highest BCUT2D eigenvalue weighted by Crippen LogP contribution is 2.50. The Morgan fingerprint density at radius 3 is 1.89 bits per heavy atom. The van der Waals surface area contributed by atoms with Crippen LogP contribution in [0.2, 0.25) is 0 Å². The van der Waals surface area contributed by atoms with Crippen molar-refractivity contribution in [3.8, 4) is 0 Å². The Morgan fingerprint density at radius 1 is 0.766 bits per heavy atom. The molecule has 15 heteroatoms. The highest BCUT2D eigenvalue weighted by atomic mass is 31.2. The van der Waals surface area contributed by atoms with E-state index < -0.39 is 33.5 Å². The molecule has 3 rings (SSSR count). The van der Waals surface area contributed by atoms with Crippen molar-refractivity contribution in [2.75, 3.05) is 52.8 Å². The first-order chi connectivity index (χ1) is 22.7. The molecule has 0 saturated carbocycles. The van der Waals surface area contributed by atoms with Gasteiger partial charge < -0.3 is 10.1 Å². The van der Waals surface area contributed by atoms with Crippen LogP contribution in [0.15, 0.2) is 42.5 Å². The van der Waals surface area contributed by atoms with Gasteiger partial charge in [-0.3, -0.25) is 41.6 Å². The molecule has 1 amide bonds. The van der Waals surface area contributed by atoms with Gasteiger partial charge in [-0.15, -0.1) is 0 Å². The monoisotopic (exact) mass is 702 g/mol. The van der Waals surface area contributed by atoms with Crippen molar-refractivity contribution in [3.63, 3.8) is 0 Å². The number of fused-ring (bicyclic) bond motifs is 2. The lowest BCUT2D eigenvalue weighted by atomic mass is 9.87. The van der Waals surface area contributed by atoms with E-state index in [9.17, 15) is 18.7 Å². The zero-order valence-electron chi connectivity index (χ0n) is 28.1. The fourth-order valence-electron chi connectivity index (χ4n) is 5.83. The molecule has 47 heavy (non-hydrogen) atoms. The molecule has 0 aromatic heterocycles. The van der Waals surface area contributed by atoms with Crippen LogP contribution < -0.4 is 5.32 Å². The Bertz CT molecular complexity index is 1200. The third-order valence-corrected chi connectivity index (χ3v) is 11.1. The van der Waals surface area contributed by atoms with E-state index in [-0.39, 0.29) is 64.2 Å². The Labute approximate surface area is 279 Å². The number of ether oxygens (including phenoxy) is 1. The Hall–Kier alpha value is -1.92. The first-order valence-corrected chi connectivity index (χ1v) is 19.6. The molecule has 2 aliphatic rings. The molecule has 1 aromatic carbocycles. The summed E-state index contributed by atoms with van der Waals surface area (Å²) < 4.78 is 62.0. The summed E-state index contributed by atoms with van der Waals surface area (Å²) >= 11 is 0. The minimum absolute atomic E-state index is 0.126. The van der Waals surface area contributed by atoms with Crippen molar-refractivity contribution in [2.24, 2.45) is 11.8 Å². The first kappa shape index (κ1) is 39.5. The first-order valence-electron chi connectivity index (χ1n) is 16.7. The summed E-state index contributed by atoms with van der Waals surface area (Å²) in [5.74, 6) is -1.91. The van der Waals surface area contributed by atoms with Crippen LogP contribution in [0.3, 0.4) is 0 Å². The van der Waals surface area contributed by atoms with E-state index in [2.05, 4.69) is 10.2 Å². The predicted octanol–water partition coefficient (Wildman–Crippen LogP) is 6.05. The minimum atomic E-state index is -3.60. The number of benzene rings is 1. The van der Waals surface area contributed by atoms with Gasteiger partial charge in [0.1, 0.15) is 0 Å². The Balaban J connectivity index is 1.58. The summed E-state index contributed by atoms with van der Waals surface area (Å²) in [5.41, 5.74) is 1.10. The number of hydrogen-bond donors (Lipinski definition) is 1. The minimum Gasteiger partial charge on any atom is -0.465 e. The van der Waals surface area contributed by atoms with Gasteiger partial charge in [0.05, 0.1) is 58.1 Å².